The van der Waals surface area contributed by atoms with Gasteiger partial charge in [-0.15, -0.1) is 0 Å². The van der Waals surface area contributed by atoms with Gasteiger partial charge < -0.3 is 4.90 Å². The van der Waals surface area contributed by atoms with Crippen molar-refractivity contribution in [1.82, 2.24) is 0 Å². The minimum Gasteiger partial charge on any atom is -0.312 e. The van der Waals surface area contributed by atoms with Crippen LogP contribution in [-0.2, 0) is 4.79 Å². The van der Waals surface area contributed by atoms with Crippen molar-refractivity contribution in [3.8, 4) is 0 Å². The summed E-state index contributed by atoms with van der Waals surface area (Å²) in [6.07, 6.45) is 12.0. The van der Waals surface area contributed by atoms with Crippen molar-refractivity contribution in [2.75, 3.05) is 11.4 Å². The lowest BCUT2D eigenvalue weighted by atomic mass is 10.1. The van der Waals surface area contributed by atoms with E-state index in [0.717, 1.165) is 25.1 Å². The van der Waals surface area contributed by atoms with Crippen molar-refractivity contribution in [3.05, 3.63) is 30.3 Å². The predicted molar refractivity (Wildman–Crippen MR) is 85.0 cm³/mol. The van der Waals surface area contributed by atoms with E-state index in [0.29, 0.717) is 12.3 Å². The molecule has 0 saturated carbocycles. The van der Waals surface area contributed by atoms with Crippen molar-refractivity contribution in [3.63, 3.8) is 0 Å². The number of rotatable bonds is 1. The fraction of sp³-hybridized carbons (Fsp3) is 0.611. The van der Waals surface area contributed by atoms with Crippen LogP contribution in [0.1, 0.15) is 64.2 Å². The van der Waals surface area contributed by atoms with Gasteiger partial charge in [-0.25, -0.2) is 0 Å². The molecule has 1 aromatic rings. The maximum Gasteiger partial charge on any atom is 0.226 e. The first kappa shape index (κ1) is 15.1. The first-order valence-electron chi connectivity index (χ1n) is 8.23. The van der Waals surface area contributed by atoms with Crippen LogP contribution in [0.2, 0.25) is 0 Å². The molecule has 1 aliphatic rings. The van der Waals surface area contributed by atoms with Crippen molar-refractivity contribution >= 4 is 11.6 Å². The lowest BCUT2D eigenvalue weighted by Crippen LogP contribution is -2.31. The van der Waals surface area contributed by atoms with E-state index < -0.39 is 0 Å². The number of hydrogen-bond acceptors (Lipinski definition) is 1. The predicted octanol–water partition coefficient (Wildman–Crippen LogP) is 4.93. The van der Waals surface area contributed by atoms with Gasteiger partial charge in [-0.1, -0.05) is 63.1 Å². The number of anilines is 1. The van der Waals surface area contributed by atoms with Crippen LogP contribution in [0.25, 0.3) is 0 Å². The topological polar surface area (TPSA) is 20.3 Å². The van der Waals surface area contributed by atoms with Crippen molar-refractivity contribution in [1.29, 1.82) is 0 Å². The Bertz CT molecular complexity index is 388. The maximum absolute atomic E-state index is 12.4. The van der Waals surface area contributed by atoms with Crippen molar-refractivity contribution in [2.45, 2.75) is 64.2 Å². The molecule has 1 heterocycles. The van der Waals surface area contributed by atoms with Gasteiger partial charge in [0, 0.05) is 18.7 Å². The summed E-state index contributed by atoms with van der Waals surface area (Å²) in [5.74, 6) is 0.301. The molecule has 2 rings (SSSR count). The Morgan fingerprint density at radius 3 is 1.90 bits per heavy atom. The van der Waals surface area contributed by atoms with E-state index in [9.17, 15) is 4.79 Å². The summed E-state index contributed by atoms with van der Waals surface area (Å²) in [5, 5.41) is 0. The Kier molecular flexibility index (Phi) is 6.62. The molecular formula is C18H27NO. The largest absolute Gasteiger partial charge is 0.312 e. The van der Waals surface area contributed by atoms with Crippen LogP contribution >= 0.6 is 0 Å². The van der Waals surface area contributed by atoms with Crippen LogP contribution in [-0.4, -0.2) is 12.5 Å². The molecule has 110 valence electrons. The monoisotopic (exact) mass is 273 g/mol. The fourth-order valence-electron chi connectivity index (χ4n) is 2.92. The number of para-hydroxylation sites is 1. The molecule has 0 radical (unpaired) electrons. The summed E-state index contributed by atoms with van der Waals surface area (Å²) in [7, 11) is 0. The highest BCUT2D eigenvalue weighted by Gasteiger charge is 2.14. The summed E-state index contributed by atoms with van der Waals surface area (Å²) in [4.78, 5) is 14.4. The second-order valence-electron chi connectivity index (χ2n) is 5.81. The summed E-state index contributed by atoms with van der Waals surface area (Å²) < 4.78 is 0. The zero-order valence-electron chi connectivity index (χ0n) is 12.5. The lowest BCUT2D eigenvalue weighted by Gasteiger charge is -2.23. The second kappa shape index (κ2) is 8.78. The standard InChI is InChI=1S/C18H27NO/c20-18-15-11-6-4-2-1-3-5-7-12-16-19(18)17-13-9-8-10-14-17/h8-10,13-14H,1-7,11-12,15-16H2. The Labute approximate surface area is 123 Å². The van der Waals surface area contributed by atoms with E-state index in [1.807, 2.05) is 23.1 Å². The fourth-order valence-corrected chi connectivity index (χ4v) is 2.92. The maximum atomic E-state index is 12.4. The van der Waals surface area contributed by atoms with E-state index in [2.05, 4.69) is 12.1 Å². The van der Waals surface area contributed by atoms with E-state index in [-0.39, 0.29) is 0 Å². The zero-order chi connectivity index (χ0) is 14.0. The third-order valence-electron chi connectivity index (χ3n) is 4.14. The van der Waals surface area contributed by atoms with E-state index in [4.69, 9.17) is 0 Å². The van der Waals surface area contributed by atoms with Gasteiger partial charge in [0.15, 0.2) is 0 Å². The third-order valence-corrected chi connectivity index (χ3v) is 4.14. The Hall–Kier alpha value is -1.31. The molecule has 0 aliphatic carbocycles. The second-order valence-corrected chi connectivity index (χ2v) is 5.81. The minimum atomic E-state index is 0.301. The van der Waals surface area contributed by atoms with Crippen LogP contribution in [0.4, 0.5) is 5.69 Å². The van der Waals surface area contributed by atoms with Gasteiger partial charge in [-0.05, 0) is 25.0 Å². The van der Waals surface area contributed by atoms with Crippen LogP contribution in [0, 0.1) is 0 Å². The number of carbonyl (C=O) groups excluding carboxylic acids is 1. The molecule has 0 spiro atoms. The number of amides is 1. The van der Waals surface area contributed by atoms with Crippen molar-refractivity contribution in [2.24, 2.45) is 0 Å². The average Bonchev–Trinajstić information content (AvgIpc) is 2.50. The Balaban J connectivity index is 1.99. The van der Waals surface area contributed by atoms with E-state index in [1.54, 1.807) is 0 Å². The molecule has 1 fully saturated rings. The highest BCUT2D eigenvalue weighted by Crippen LogP contribution is 2.19. The highest BCUT2D eigenvalue weighted by atomic mass is 16.2. The first-order valence-corrected chi connectivity index (χ1v) is 8.23. The SMILES string of the molecule is O=C1CCCCCCCCCCCN1c1ccccc1. The zero-order valence-corrected chi connectivity index (χ0v) is 12.5. The quantitative estimate of drug-likeness (QED) is 0.710. The van der Waals surface area contributed by atoms with Gasteiger partial charge in [0.05, 0.1) is 0 Å². The molecule has 0 unspecified atom stereocenters. The number of benzene rings is 1. The Morgan fingerprint density at radius 1 is 0.700 bits per heavy atom. The molecule has 20 heavy (non-hydrogen) atoms. The van der Waals surface area contributed by atoms with E-state index in [1.165, 1.54) is 44.9 Å². The minimum absolute atomic E-state index is 0.301. The van der Waals surface area contributed by atoms with Crippen LogP contribution in [0.3, 0.4) is 0 Å². The molecule has 1 amide bonds. The van der Waals surface area contributed by atoms with Gasteiger partial charge in [0.2, 0.25) is 5.91 Å². The van der Waals surface area contributed by atoms with E-state index >= 15 is 0 Å². The van der Waals surface area contributed by atoms with Crippen LogP contribution < -0.4 is 4.90 Å². The molecule has 1 aromatic carbocycles. The van der Waals surface area contributed by atoms with Gasteiger partial charge >= 0.3 is 0 Å². The summed E-state index contributed by atoms with van der Waals surface area (Å²) in [6, 6.07) is 10.1. The molecule has 0 atom stereocenters. The molecule has 0 N–H and O–H groups in total. The number of nitrogens with zero attached hydrogens (tertiary/aromatic N) is 1. The van der Waals surface area contributed by atoms with Gasteiger partial charge in [0.1, 0.15) is 0 Å². The van der Waals surface area contributed by atoms with Gasteiger partial charge in [-0.3, -0.25) is 4.79 Å². The molecule has 2 heteroatoms. The normalized spacial score (nSPS) is 19.8. The van der Waals surface area contributed by atoms with Crippen LogP contribution in [0.5, 0.6) is 0 Å². The van der Waals surface area contributed by atoms with Gasteiger partial charge in [-0.2, -0.15) is 0 Å². The summed E-state index contributed by atoms with van der Waals surface area (Å²) in [5.41, 5.74) is 1.06. The highest BCUT2D eigenvalue weighted by molar-refractivity contribution is 5.93. The molecular weight excluding hydrogens is 246 g/mol. The number of hydrogen-bond donors (Lipinski definition) is 0. The number of carbonyl (C=O) groups is 1. The molecule has 1 saturated heterocycles. The summed E-state index contributed by atoms with van der Waals surface area (Å²) >= 11 is 0. The average molecular weight is 273 g/mol. The van der Waals surface area contributed by atoms with Gasteiger partial charge in [0.25, 0.3) is 0 Å². The Morgan fingerprint density at radius 2 is 1.25 bits per heavy atom. The molecule has 0 aromatic heterocycles. The van der Waals surface area contributed by atoms with Crippen molar-refractivity contribution < 1.29 is 4.79 Å². The van der Waals surface area contributed by atoms with Crippen LogP contribution in [0.15, 0.2) is 30.3 Å². The summed E-state index contributed by atoms with van der Waals surface area (Å²) in [6.45, 7) is 0.878. The lowest BCUT2D eigenvalue weighted by molar-refractivity contribution is -0.118. The molecule has 0 bridgehead atoms. The third kappa shape index (κ3) is 4.99. The molecule has 2 nitrogen and oxygen atoms in total. The smallest absolute Gasteiger partial charge is 0.226 e. The molecule has 1 aliphatic heterocycles. The first-order chi connectivity index (χ1) is 9.88.